The van der Waals surface area contributed by atoms with Gasteiger partial charge in [0.05, 0.1) is 0 Å². The zero-order valence-electron chi connectivity index (χ0n) is 7.29. The molecule has 1 atom stereocenters. The highest BCUT2D eigenvalue weighted by Gasteiger charge is 2.14. The first-order valence-electron chi connectivity index (χ1n) is 4.43. The van der Waals surface area contributed by atoms with Gasteiger partial charge in [-0.2, -0.15) is 11.8 Å². The molecule has 0 saturated carbocycles. The number of rotatable bonds is 1. The van der Waals surface area contributed by atoms with Gasteiger partial charge in [-0.05, 0) is 17.7 Å². The third-order valence-corrected chi connectivity index (χ3v) is 3.51. The quantitative estimate of drug-likeness (QED) is 0.770. The average molecular weight is 214 g/mol. The first-order chi connectivity index (χ1) is 6.36. The van der Waals surface area contributed by atoms with E-state index >= 15 is 0 Å². The maximum atomic E-state index is 5.82. The van der Waals surface area contributed by atoms with Crippen LogP contribution in [0.3, 0.4) is 0 Å². The number of hydrogen-bond acceptors (Lipinski definition) is 2. The fourth-order valence-corrected chi connectivity index (χ4v) is 2.58. The predicted octanol–water partition coefficient (Wildman–Crippen LogP) is 2.72. The first-order valence-corrected chi connectivity index (χ1v) is 5.96. The molecular weight excluding hydrogens is 202 g/mol. The smallest absolute Gasteiger partial charge is 0.0412 e. The summed E-state index contributed by atoms with van der Waals surface area (Å²) in [4.78, 5) is 0. The minimum Gasteiger partial charge on any atom is -0.308 e. The van der Waals surface area contributed by atoms with Gasteiger partial charge in [-0.1, -0.05) is 23.7 Å². The Balaban J connectivity index is 2.10. The molecule has 13 heavy (non-hydrogen) atoms. The molecule has 0 amide bonds. The molecule has 1 aromatic rings. The lowest BCUT2D eigenvalue weighted by atomic mass is 10.1. The average Bonchev–Trinajstić information content (AvgIpc) is 2.20. The van der Waals surface area contributed by atoms with Crippen LogP contribution in [0.25, 0.3) is 0 Å². The SMILES string of the molecule is Clc1ccc([C@H]2CSCCN2)cc1. The fourth-order valence-electron chi connectivity index (χ4n) is 1.47. The van der Waals surface area contributed by atoms with Gasteiger partial charge >= 0.3 is 0 Å². The summed E-state index contributed by atoms with van der Waals surface area (Å²) in [6.07, 6.45) is 0. The molecule has 1 aliphatic heterocycles. The van der Waals surface area contributed by atoms with Gasteiger partial charge in [-0.15, -0.1) is 0 Å². The Hall–Kier alpha value is -0.180. The van der Waals surface area contributed by atoms with Crippen LogP contribution in [0.2, 0.25) is 5.02 Å². The van der Waals surface area contributed by atoms with E-state index in [9.17, 15) is 0 Å². The summed E-state index contributed by atoms with van der Waals surface area (Å²) < 4.78 is 0. The van der Waals surface area contributed by atoms with E-state index in [0.717, 1.165) is 11.6 Å². The monoisotopic (exact) mass is 213 g/mol. The minimum atomic E-state index is 0.510. The zero-order valence-corrected chi connectivity index (χ0v) is 8.87. The molecule has 0 aromatic heterocycles. The second kappa shape index (κ2) is 4.36. The molecule has 0 aliphatic carbocycles. The molecule has 1 aliphatic rings. The molecule has 3 heteroatoms. The van der Waals surface area contributed by atoms with Crippen LogP contribution in [0.15, 0.2) is 24.3 Å². The minimum absolute atomic E-state index is 0.510. The normalized spacial score (nSPS) is 23.0. The molecule has 1 fully saturated rings. The highest BCUT2D eigenvalue weighted by Crippen LogP contribution is 2.22. The molecule has 1 N–H and O–H groups in total. The predicted molar refractivity (Wildman–Crippen MR) is 59.5 cm³/mol. The van der Waals surface area contributed by atoms with Gasteiger partial charge in [0, 0.05) is 29.1 Å². The van der Waals surface area contributed by atoms with Gasteiger partial charge in [0.15, 0.2) is 0 Å². The molecule has 1 nitrogen and oxygen atoms in total. The van der Waals surface area contributed by atoms with Crippen molar-refractivity contribution in [2.24, 2.45) is 0 Å². The van der Waals surface area contributed by atoms with E-state index in [1.54, 1.807) is 0 Å². The van der Waals surface area contributed by atoms with Crippen molar-refractivity contribution in [2.75, 3.05) is 18.1 Å². The Bertz CT molecular complexity index is 267. The van der Waals surface area contributed by atoms with Crippen molar-refractivity contribution in [2.45, 2.75) is 6.04 Å². The van der Waals surface area contributed by atoms with E-state index < -0.39 is 0 Å². The summed E-state index contributed by atoms with van der Waals surface area (Å²) in [7, 11) is 0. The molecule has 1 aromatic carbocycles. The van der Waals surface area contributed by atoms with E-state index in [1.165, 1.54) is 17.1 Å². The number of hydrogen-bond donors (Lipinski definition) is 1. The summed E-state index contributed by atoms with van der Waals surface area (Å²) >= 11 is 7.83. The molecular formula is C10H12ClNS. The number of halogens is 1. The Labute approximate surface area is 87.9 Å². The standard InChI is InChI=1S/C10H12ClNS/c11-9-3-1-8(2-4-9)10-7-13-6-5-12-10/h1-4,10,12H,5-7H2/t10-/m1/s1. The van der Waals surface area contributed by atoms with Crippen molar-refractivity contribution in [1.29, 1.82) is 0 Å². The molecule has 0 radical (unpaired) electrons. The Kier molecular flexibility index (Phi) is 3.14. The van der Waals surface area contributed by atoms with Crippen LogP contribution >= 0.6 is 23.4 Å². The highest BCUT2D eigenvalue weighted by atomic mass is 35.5. The topological polar surface area (TPSA) is 12.0 Å². The van der Waals surface area contributed by atoms with E-state index in [1.807, 2.05) is 23.9 Å². The molecule has 70 valence electrons. The van der Waals surface area contributed by atoms with Crippen molar-refractivity contribution in [1.82, 2.24) is 5.32 Å². The highest BCUT2D eigenvalue weighted by molar-refractivity contribution is 7.99. The van der Waals surface area contributed by atoms with Crippen molar-refractivity contribution in [3.05, 3.63) is 34.9 Å². The van der Waals surface area contributed by atoms with Crippen LogP contribution in [0.1, 0.15) is 11.6 Å². The number of benzene rings is 1. The van der Waals surface area contributed by atoms with E-state index in [2.05, 4.69) is 17.4 Å². The Morgan fingerprint density at radius 1 is 1.31 bits per heavy atom. The van der Waals surface area contributed by atoms with Gasteiger partial charge in [0.2, 0.25) is 0 Å². The molecule has 2 rings (SSSR count). The third kappa shape index (κ3) is 2.39. The summed E-state index contributed by atoms with van der Waals surface area (Å²) in [6, 6.07) is 8.63. The van der Waals surface area contributed by atoms with E-state index in [4.69, 9.17) is 11.6 Å². The lowest BCUT2D eigenvalue weighted by molar-refractivity contribution is 0.595. The molecule has 0 bridgehead atoms. The number of thioether (sulfide) groups is 1. The van der Waals surface area contributed by atoms with Crippen LogP contribution in [0, 0.1) is 0 Å². The summed E-state index contributed by atoms with van der Waals surface area (Å²) in [6.45, 7) is 1.11. The van der Waals surface area contributed by atoms with Crippen molar-refractivity contribution in [3.8, 4) is 0 Å². The van der Waals surface area contributed by atoms with Crippen LogP contribution in [-0.2, 0) is 0 Å². The van der Waals surface area contributed by atoms with Crippen molar-refractivity contribution in [3.63, 3.8) is 0 Å². The largest absolute Gasteiger partial charge is 0.308 e. The van der Waals surface area contributed by atoms with Gasteiger partial charge in [0.1, 0.15) is 0 Å². The third-order valence-electron chi connectivity index (χ3n) is 2.19. The maximum Gasteiger partial charge on any atom is 0.0412 e. The lowest BCUT2D eigenvalue weighted by Crippen LogP contribution is -2.30. The van der Waals surface area contributed by atoms with Crippen molar-refractivity contribution >= 4 is 23.4 Å². The summed E-state index contributed by atoms with van der Waals surface area (Å²) in [5.41, 5.74) is 1.34. The van der Waals surface area contributed by atoms with Gasteiger partial charge in [-0.25, -0.2) is 0 Å². The van der Waals surface area contributed by atoms with Gasteiger partial charge in [-0.3, -0.25) is 0 Å². The van der Waals surface area contributed by atoms with Crippen LogP contribution in [-0.4, -0.2) is 18.1 Å². The zero-order chi connectivity index (χ0) is 9.10. The summed E-state index contributed by atoms with van der Waals surface area (Å²) in [5, 5.41) is 4.30. The Morgan fingerprint density at radius 2 is 2.08 bits per heavy atom. The van der Waals surface area contributed by atoms with Gasteiger partial charge in [0.25, 0.3) is 0 Å². The van der Waals surface area contributed by atoms with E-state index in [0.29, 0.717) is 6.04 Å². The van der Waals surface area contributed by atoms with Gasteiger partial charge < -0.3 is 5.32 Å². The molecule has 1 heterocycles. The number of nitrogens with one attached hydrogen (secondary N) is 1. The second-order valence-electron chi connectivity index (χ2n) is 3.13. The van der Waals surface area contributed by atoms with Crippen LogP contribution in [0.4, 0.5) is 0 Å². The van der Waals surface area contributed by atoms with Crippen molar-refractivity contribution < 1.29 is 0 Å². The van der Waals surface area contributed by atoms with Crippen LogP contribution < -0.4 is 5.32 Å². The summed E-state index contributed by atoms with van der Waals surface area (Å²) in [5.74, 6) is 2.39. The van der Waals surface area contributed by atoms with E-state index in [-0.39, 0.29) is 0 Å². The fraction of sp³-hybridized carbons (Fsp3) is 0.400. The first kappa shape index (κ1) is 9.38. The maximum absolute atomic E-state index is 5.82. The molecule has 0 spiro atoms. The Morgan fingerprint density at radius 3 is 2.69 bits per heavy atom. The lowest BCUT2D eigenvalue weighted by Gasteiger charge is -2.23. The second-order valence-corrected chi connectivity index (χ2v) is 4.72. The molecule has 1 saturated heterocycles. The molecule has 0 unspecified atom stereocenters. The van der Waals surface area contributed by atoms with Crippen LogP contribution in [0.5, 0.6) is 0 Å².